The van der Waals surface area contributed by atoms with Crippen LogP contribution in [0.15, 0.2) is 54.7 Å². The van der Waals surface area contributed by atoms with Gasteiger partial charge in [-0.1, -0.05) is 47.5 Å². The molecule has 2 N–H and O–H groups in total. The van der Waals surface area contributed by atoms with Crippen molar-refractivity contribution in [1.82, 2.24) is 14.8 Å². The van der Waals surface area contributed by atoms with Gasteiger partial charge in [0.05, 0.1) is 12.3 Å². The van der Waals surface area contributed by atoms with Crippen molar-refractivity contribution in [3.63, 3.8) is 0 Å². The highest BCUT2D eigenvalue weighted by Gasteiger charge is 2.21. The van der Waals surface area contributed by atoms with Crippen molar-refractivity contribution in [2.45, 2.75) is 32.6 Å². The largest absolute Gasteiger partial charge is 0.506 e. The first-order valence-corrected chi connectivity index (χ1v) is 13.0. The van der Waals surface area contributed by atoms with Gasteiger partial charge in [-0.15, -0.1) is 0 Å². The van der Waals surface area contributed by atoms with E-state index in [0.29, 0.717) is 34.5 Å². The Balaban J connectivity index is 1.27. The minimum Gasteiger partial charge on any atom is -0.506 e. The topological polar surface area (TPSA) is 69.1 Å². The number of aromatic hydroxyl groups is 1. The fourth-order valence-electron chi connectivity index (χ4n) is 4.54. The maximum Gasteiger partial charge on any atom is 0.141 e. The van der Waals surface area contributed by atoms with Crippen molar-refractivity contribution >= 4 is 23.2 Å². The standard InChI is InChI=1S/C28H33Cl2N3O3/c1-20-27(35)26(23(19-34)17-31-20)18-33-14-12-32(13-15-33)11-2-16-36-28(21-3-7-24(29)8-4-21)22-5-9-25(30)10-6-22/h3-10,17,28,34-35H,2,11-16,18-19H2,1H3. The molecule has 1 aliphatic heterocycles. The third-order valence-electron chi connectivity index (χ3n) is 6.70. The summed E-state index contributed by atoms with van der Waals surface area (Å²) < 4.78 is 6.35. The molecule has 3 aromatic rings. The van der Waals surface area contributed by atoms with Crippen LogP contribution in [0.5, 0.6) is 5.75 Å². The minimum atomic E-state index is -0.173. The smallest absolute Gasteiger partial charge is 0.141 e. The van der Waals surface area contributed by atoms with Crippen molar-refractivity contribution in [3.05, 3.63) is 92.7 Å². The first kappa shape index (κ1) is 26.9. The maximum absolute atomic E-state index is 10.4. The molecule has 0 spiro atoms. The quantitative estimate of drug-likeness (QED) is 0.351. The van der Waals surface area contributed by atoms with E-state index in [1.54, 1.807) is 13.1 Å². The summed E-state index contributed by atoms with van der Waals surface area (Å²) in [5.41, 5.74) is 4.19. The van der Waals surface area contributed by atoms with Crippen molar-refractivity contribution in [3.8, 4) is 5.75 Å². The molecule has 36 heavy (non-hydrogen) atoms. The van der Waals surface area contributed by atoms with E-state index in [0.717, 1.165) is 55.8 Å². The highest BCUT2D eigenvalue weighted by molar-refractivity contribution is 6.30. The van der Waals surface area contributed by atoms with Gasteiger partial charge in [0.15, 0.2) is 0 Å². The highest BCUT2D eigenvalue weighted by atomic mass is 35.5. The van der Waals surface area contributed by atoms with Crippen molar-refractivity contribution in [2.75, 3.05) is 39.3 Å². The van der Waals surface area contributed by atoms with Crippen LogP contribution in [0, 0.1) is 6.92 Å². The molecule has 1 fully saturated rings. The van der Waals surface area contributed by atoms with Gasteiger partial charge in [-0.25, -0.2) is 0 Å². The number of ether oxygens (including phenoxy) is 1. The number of benzene rings is 2. The van der Waals surface area contributed by atoms with Crippen molar-refractivity contribution < 1.29 is 14.9 Å². The van der Waals surface area contributed by atoms with E-state index in [1.165, 1.54) is 0 Å². The number of aliphatic hydroxyl groups is 1. The first-order chi connectivity index (χ1) is 17.4. The van der Waals surface area contributed by atoms with Gasteiger partial charge in [-0.2, -0.15) is 0 Å². The second-order valence-corrected chi connectivity index (χ2v) is 10.1. The lowest BCUT2D eigenvalue weighted by Gasteiger charge is -2.35. The molecule has 192 valence electrons. The first-order valence-electron chi connectivity index (χ1n) is 12.3. The van der Waals surface area contributed by atoms with Gasteiger partial charge in [0.1, 0.15) is 11.9 Å². The molecule has 0 saturated carbocycles. The second-order valence-electron chi connectivity index (χ2n) is 9.18. The molecule has 0 amide bonds. The summed E-state index contributed by atoms with van der Waals surface area (Å²) in [6.07, 6.45) is 2.41. The molecule has 6 nitrogen and oxygen atoms in total. The molecule has 2 heterocycles. The molecule has 4 rings (SSSR count). The summed E-state index contributed by atoms with van der Waals surface area (Å²) in [5, 5.41) is 21.5. The summed E-state index contributed by atoms with van der Waals surface area (Å²) in [6.45, 7) is 7.60. The van der Waals surface area contributed by atoms with Crippen LogP contribution >= 0.6 is 23.2 Å². The average molecular weight is 530 g/mol. The lowest BCUT2D eigenvalue weighted by atomic mass is 10.0. The Morgan fingerprint density at radius 1 is 0.917 bits per heavy atom. The zero-order valence-corrected chi connectivity index (χ0v) is 22.0. The van der Waals surface area contributed by atoms with Crippen LogP contribution < -0.4 is 0 Å². The Bertz CT molecular complexity index is 1070. The number of pyridine rings is 1. The summed E-state index contributed by atoms with van der Waals surface area (Å²) in [7, 11) is 0. The summed E-state index contributed by atoms with van der Waals surface area (Å²) in [6, 6.07) is 15.6. The molecule has 1 aliphatic rings. The number of rotatable bonds is 10. The molecular formula is C28H33Cl2N3O3. The zero-order valence-electron chi connectivity index (χ0n) is 20.5. The number of nitrogens with zero attached hydrogens (tertiary/aromatic N) is 3. The minimum absolute atomic E-state index is 0.122. The van der Waals surface area contributed by atoms with Crippen LogP contribution in [0.1, 0.15) is 40.5 Å². The van der Waals surface area contributed by atoms with Crippen LogP contribution in [0.2, 0.25) is 10.0 Å². The molecule has 1 saturated heterocycles. The Kier molecular flexibility index (Phi) is 9.60. The lowest BCUT2D eigenvalue weighted by Crippen LogP contribution is -2.46. The summed E-state index contributed by atoms with van der Waals surface area (Å²) >= 11 is 12.2. The number of aryl methyl sites for hydroxylation is 1. The fourth-order valence-corrected chi connectivity index (χ4v) is 4.79. The number of hydrogen-bond donors (Lipinski definition) is 2. The van der Waals surface area contributed by atoms with Crippen LogP contribution in [0.4, 0.5) is 0 Å². The van der Waals surface area contributed by atoms with E-state index >= 15 is 0 Å². The molecule has 0 unspecified atom stereocenters. The molecular weight excluding hydrogens is 497 g/mol. The van der Waals surface area contributed by atoms with Crippen molar-refractivity contribution in [1.29, 1.82) is 0 Å². The van der Waals surface area contributed by atoms with E-state index in [1.807, 2.05) is 48.5 Å². The monoisotopic (exact) mass is 529 g/mol. The highest BCUT2D eigenvalue weighted by Crippen LogP contribution is 2.29. The third kappa shape index (κ3) is 6.97. The van der Waals surface area contributed by atoms with Gasteiger partial charge in [0.25, 0.3) is 0 Å². The van der Waals surface area contributed by atoms with Crippen LogP contribution in [-0.4, -0.2) is 64.3 Å². The second kappa shape index (κ2) is 12.9. The molecule has 8 heteroatoms. The van der Waals surface area contributed by atoms with Crippen LogP contribution in [0.25, 0.3) is 0 Å². The molecule has 1 aromatic heterocycles. The number of hydrogen-bond acceptors (Lipinski definition) is 6. The molecule has 0 aliphatic carbocycles. The van der Waals surface area contributed by atoms with E-state index in [-0.39, 0.29) is 18.5 Å². The fraction of sp³-hybridized carbons (Fsp3) is 0.393. The number of aromatic nitrogens is 1. The lowest BCUT2D eigenvalue weighted by molar-refractivity contribution is 0.0637. The van der Waals surface area contributed by atoms with Gasteiger partial charge in [-0.3, -0.25) is 9.88 Å². The van der Waals surface area contributed by atoms with Gasteiger partial charge in [0.2, 0.25) is 0 Å². The maximum atomic E-state index is 10.4. The molecule has 0 radical (unpaired) electrons. The number of halogens is 2. The Morgan fingerprint density at radius 2 is 1.47 bits per heavy atom. The summed E-state index contributed by atoms with van der Waals surface area (Å²) in [4.78, 5) is 8.92. The predicted molar refractivity (Wildman–Crippen MR) is 144 cm³/mol. The number of aliphatic hydroxyl groups excluding tert-OH is 1. The van der Waals surface area contributed by atoms with Crippen molar-refractivity contribution in [2.24, 2.45) is 0 Å². The van der Waals surface area contributed by atoms with Gasteiger partial charge >= 0.3 is 0 Å². The normalized spacial score (nSPS) is 15.0. The van der Waals surface area contributed by atoms with Gasteiger partial charge < -0.3 is 19.8 Å². The SMILES string of the molecule is Cc1ncc(CO)c(CN2CCN(CCCOC(c3ccc(Cl)cc3)c3ccc(Cl)cc3)CC2)c1O. The Morgan fingerprint density at radius 3 is 2.03 bits per heavy atom. The zero-order chi connectivity index (χ0) is 25.5. The summed E-state index contributed by atoms with van der Waals surface area (Å²) in [5.74, 6) is 0.192. The average Bonchev–Trinajstić information content (AvgIpc) is 2.89. The molecule has 0 atom stereocenters. The van der Waals surface area contributed by atoms with Crippen LogP contribution in [0.3, 0.4) is 0 Å². The third-order valence-corrected chi connectivity index (χ3v) is 7.20. The van der Waals surface area contributed by atoms with E-state index < -0.39 is 0 Å². The van der Waals surface area contributed by atoms with Gasteiger partial charge in [0, 0.05) is 73.2 Å². The Hall–Kier alpha value is -2.19. The predicted octanol–water partition coefficient (Wildman–Crippen LogP) is 5.21. The molecule has 0 bridgehead atoms. The van der Waals surface area contributed by atoms with E-state index in [2.05, 4.69) is 14.8 Å². The Labute approximate surface area is 223 Å². The van der Waals surface area contributed by atoms with E-state index in [9.17, 15) is 10.2 Å². The molecule has 2 aromatic carbocycles. The van der Waals surface area contributed by atoms with E-state index in [4.69, 9.17) is 27.9 Å². The van der Waals surface area contributed by atoms with Gasteiger partial charge in [-0.05, 0) is 48.7 Å². The van der Waals surface area contributed by atoms with Crippen LogP contribution in [-0.2, 0) is 17.9 Å². The number of piperazine rings is 1.